The monoisotopic (exact) mass is 318 g/mol. The molecule has 0 amide bonds. The van der Waals surface area contributed by atoms with Crippen molar-refractivity contribution in [1.29, 1.82) is 0 Å². The highest BCUT2D eigenvalue weighted by Gasteiger charge is 2.25. The van der Waals surface area contributed by atoms with Gasteiger partial charge in [0.05, 0.1) is 0 Å². The number of hydrogen-bond donors (Lipinski definition) is 0. The Balaban J connectivity index is 1.97. The number of esters is 1. The lowest BCUT2D eigenvalue weighted by Gasteiger charge is -1.98. The highest BCUT2D eigenvalue weighted by atomic mass is 35.5. The number of ether oxygens (including phenoxy) is 1. The maximum absolute atomic E-state index is 11.8. The second-order valence-electron chi connectivity index (χ2n) is 4.22. The zero-order valence-corrected chi connectivity index (χ0v) is 12.1. The van der Waals surface area contributed by atoms with E-state index >= 15 is 0 Å². The number of aromatic nitrogens is 1. The molecule has 104 valence electrons. The first-order valence-corrected chi connectivity index (χ1v) is 6.78. The van der Waals surface area contributed by atoms with Crippen LogP contribution in [0.15, 0.2) is 53.3 Å². The highest BCUT2D eigenvalue weighted by molar-refractivity contribution is 6.35. The van der Waals surface area contributed by atoms with Crippen LogP contribution in [0, 0.1) is 0 Å². The lowest BCUT2D eigenvalue weighted by atomic mass is 10.2. The molecule has 1 aliphatic rings. The summed E-state index contributed by atoms with van der Waals surface area (Å²) in [5.41, 5.74) is 1.30. The fourth-order valence-corrected chi connectivity index (χ4v) is 2.24. The molecular formula is C15H8Cl2N2O2. The largest absolute Gasteiger partial charge is 0.400 e. The van der Waals surface area contributed by atoms with E-state index in [0.29, 0.717) is 21.3 Å². The van der Waals surface area contributed by atoms with E-state index < -0.39 is 5.97 Å². The minimum atomic E-state index is -0.540. The predicted octanol–water partition coefficient (Wildman–Crippen LogP) is 3.73. The number of benzene rings is 1. The van der Waals surface area contributed by atoms with Crippen LogP contribution in [0.5, 0.6) is 0 Å². The average molecular weight is 319 g/mol. The number of rotatable bonds is 2. The molecule has 1 aliphatic heterocycles. The molecule has 0 radical (unpaired) electrons. The summed E-state index contributed by atoms with van der Waals surface area (Å²) >= 11 is 11.9. The highest BCUT2D eigenvalue weighted by Crippen LogP contribution is 2.25. The Morgan fingerprint density at radius 3 is 2.71 bits per heavy atom. The molecule has 0 aliphatic carbocycles. The van der Waals surface area contributed by atoms with Gasteiger partial charge in [-0.3, -0.25) is 4.98 Å². The van der Waals surface area contributed by atoms with Gasteiger partial charge in [-0.2, -0.15) is 0 Å². The van der Waals surface area contributed by atoms with Crippen molar-refractivity contribution in [3.05, 3.63) is 69.6 Å². The zero-order chi connectivity index (χ0) is 14.8. The van der Waals surface area contributed by atoms with Crippen molar-refractivity contribution in [1.82, 2.24) is 4.98 Å². The Kier molecular flexibility index (Phi) is 3.73. The average Bonchev–Trinajstić information content (AvgIpc) is 2.84. The van der Waals surface area contributed by atoms with Gasteiger partial charge in [0, 0.05) is 16.2 Å². The van der Waals surface area contributed by atoms with Crippen LogP contribution in [0.2, 0.25) is 10.0 Å². The summed E-state index contributed by atoms with van der Waals surface area (Å²) in [6.45, 7) is 0. The molecule has 0 atom stereocenters. The van der Waals surface area contributed by atoms with Gasteiger partial charge in [0.25, 0.3) is 0 Å². The van der Waals surface area contributed by atoms with Gasteiger partial charge >= 0.3 is 5.97 Å². The Bertz CT molecular complexity index is 770. The summed E-state index contributed by atoms with van der Waals surface area (Å²) in [5.74, 6) is -0.362. The lowest BCUT2D eigenvalue weighted by Crippen LogP contribution is -2.06. The van der Waals surface area contributed by atoms with Crippen molar-refractivity contribution in [3.8, 4) is 0 Å². The summed E-state index contributed by atoms with van der Waals surface area (Å²) in [7, 11) is 0. The minimum absolute atomic E-state index is 0.167. The maximum atomic E-state index is 11.8. The summed E-state index contributed by atoms with van der Waals surface area (Å²) in [5, 5.41) is 0.957. The number of hydrogen-bond acceptors (Lipinski definition) is 4. The molecule has 6 heteroatoms. The van der Waals surface area contributed by atoms with Crippen LogP contribution in [0.1, 0.15) is 11.3 Å². The molecule has 21 heavy (non-hydrogen) atoms. The van der Waals surface area contributed by atoms with Crippen LogP contribution < -0.4 is 0 Å². The van der Waals surface area contributed by atoms with Crippen molar-refractivity contribution in [2.75, 3.05) is 0 Å². The van der Waals surface area contributed by atoms with Crippen LogP contribution in [-0.4, -0.2) is 16.9 Å². The van der Waals surface area contributed by atoms with E-state index in [4.69, 9.17) is 27.9 Å². The first kappa shape index (κ1) is 13.8. The lowest BCUT2D eigenvalue weighted by molar-refractivity contribution is -0.129. The molecule has 2 aromatic rings. The first-order chi connectivity index (χ1) is 10.1. The van der Waals surface area contributed by atoms with Crippen LogP contribution in [-0.2, 0) is 9.53 Å². The van der Waals surface area contributed by atoms with Gasteiger partial charge in [-0.15, -0.1) is 0 Å². The van der Waals surface area contributed by atoms with Crippen LogP contribution >= 0.6 is 23.2 Å². The SMILES string of the molecule is O=C1OC(c2ccccn2)=N/C1=C\c1ccc(Cl)cc1Cl. The van der Waals surface area contributed by atoms with E-state index in [9.17, 15) is 4.79 Å². The molecule has 1 aromatic heterocycles. The number of cyclic esters (lactones) is 1. The molecular weight excluding hydrogens is 311 g/mol. The summed E-state index contributed by atoms with van der Waals surface area (Å²) in [4.78, 5) is 20.1. The number of aliphatic imine (C=N–C) groups is 1. The van der Waals surface area contributed by atoms with Crippen molar-refractivity contribution in [3.63, 3.8) is 0 Å². The van der Waals surface area contributed by atoms with Crippen LogP contribution in [0.4, 0.5) is 0 Å². The van der Waals surface area contributed by atoms with E-state index in [-0.39, 0.29) is 11.6 Å². The quantitative estimate of drug-likeness (QED) is 0.626. The number of carbonyl (C=O) groups is 1. The Morgan fingerprint density at radius 2 is 2.00 bits per heavy atom. The summed E-state index contributed by atoms with van der Waals surface area (Å²) in [6.07, 6.45) is 3.15. The predicted molar refractivity (Wildman–Crippen MR) is 81.3 cm³/mol. The van der Waals surface area contributed by atoms with Crippen LogP contribution in [0.3, 0.4) is 0 Å². The molecule has 1 aromatic carbocycles. The molecule has 2 heterocycles. The third kappa shape index (κ3) is 2.96. The van der Waals surface area contributed by atoms with E-state index in [1.165, 1.54) is 0 Å². The summed E-state index contributed by atoms with van der Waals surface area (Å²) < 4.78 is 5.11. The third-order valence-electron chi connectivity index (χ3n) is 2.76. The molecule has 0 fully saturated rings. The molecule has 0 saturated heterocycles. The minimum Gasteiger partial charge on any atom is -0.400 e. The third-order valence-corrected chi connectivity index (χ3v) is 3.32. The van der Waals surface area contributed by atoms with E-state index in [0.717, 1.165) is 0 Å². The Morgan fingerprint density at radius 1 is 1.14 bits per heavy atom. The second-order valence-corrected chi connectivity index (χ2v) is 5.06. The Hall–Kier alpha value is -2.17. The van der Waals surface area contributed by atoms with Gasteiger partial charge in [0.1, 0.15) is 5.69 Å². The molecule has 0 N–H and O–H groups in total. The molecule has 4 nitrogen and oxygen atoms in total. The van der Waals surface area contributed by atoms with Gasteiger partial charge in [0.15, 0.2) is 5.70 Å². The van der Waals surface area contributed by atoms with E-state index in [1.807, 2.05) is 0 Å². The molecule has 0 unspecified atom stereocenters. The van der Waals surface area contributed by atoms with E-state index in [2.05, 4.69) is 9.98 Å². The Labute approximate surface area is 130 Å². The molecule has 3 rings (SSSR count). The molecule has 0 spiro atoms. The van der Waals surface area contributed by atoms with Crippen LogP contribution in [0.25, 0.3) is 6.08 Å². The van der Waals surface area contributed by atoms with Gasteiger partial charge in [-0.05, 0) is 35.9 Å². The van der Waals surface area contributed by atoms with E-state index in [1.54, 1.807) is 48.7 Å². The number of carbonyl (C=O) groups excluding carboxylic acids is 1. The van der Waals surface area contributed by atoms with Crippen molar-refractivity contribution in [2.24, 2.45) is 4.99 Å². The topological polar surface area (TPSA) is 51.5 Å². The van der Waals surface area contributed by atoms with Gasteiger partial charge in [-0.1, -0.05) is 35.3 Å². The standard InChI is InChI=1S/C15H8Cl2N2O2/c16-10-5-4-9(11(17)8-10)7-13-15(20)21-14(19-13)12-3-1-2-6-18-12/h1-8H/b13-7-. The second kappa shape index (κ2) is 5.68. The fourth-order valence-electron chi connectivity index (χ4n) is 1.77. The number of pyridine rings is 1. The van der Waals surface area contributed by atoms with Gasteiger partial charge in [0.2, 0.25) is 5.90 Å². The smallest absolute Gasteiger partial charge is 0.363 e. The fraction of sp³-hybridized carbons (Fsp3) is 0. The zero-order valence-electron chi connectivity index (χ0n) is 10.6. The molecule has 0 saturated carbocycles. The molecule has 0 bridgehead atoms. The van der Waals surface area contributed by atoms with Crippen molar-refractivity contribution < 1.29 is 9.53 Å². The van der Waals surface area contributed by atoms with Gasteiger partial charge < -0.3 is 4.74 Å². The first-order valence-electron chi connectivity index (χ1n) is 6.02. The normalized spacial score (nSPS) is 16.0. The van der Waals surface area contributed by atoms with Crippen molar-refractivity contribution >= 4 is 41.1 Å². The summed E-state index contributed by atoms with van der Waals surface area (Å²) in [6, 6.07) is 10.3. The van der Waals surface area contributed by atoms with Crippen molar-refractivity contribution in [2.45, 2.75) is 0 Å². The maximum Gasteiger partial charge on any atom is 0.363 e. The number of nitrogens with zero attached hydrogens (tertiary/aromatic N) is 2. The van der Waals surface area contributed by atoms with Gasteiger partial charge in [-0.25, -0.2) is 9.79 Å². The number of halogens is 2.